The van der Waals surface area contributed by atoms with E-state index in [1.807, 2.05) is 12.1 Å². The van der Waals surface area contributed by atoms with E-state index < -0.39 is 0 Å². The maximum absolute atomic E-state index is 12.5. The number of nitrogens with one attached hydrogen (secondary N) is 1. The number of hydrogen-bond donors (Lipinski definition) is 1. The van der Waals surface area contributed by atoms with Crippen LogP contribution in [0, 0.1) is 5.92 Å². The Balaban J connectivity index is 1.31. The van der Waals surface area contributed by atoms with Crippen LogP contribution in [0.15, 0.2) is 18.2 Å². The Morgan fingerprint density at radius 2 is 1.79 bits per heavy atom. The molecule has 156 valence electrons. The van der Waals surface area contributed by atoms with Crippen molar-refractivity contribution in [3.63, 3.8) is 0 Å². The summed E-state index contributed by atoms with van der Waals surface area (Å²) in [6, 6.07) is 5.66. The molecule has 0 atom stereocenters. The van der Waals surface area contributed by atoms with E-state index in [4.69, 9.17) is 23.2 Å². The van der Waals surface area contributed by atoms with Crippen LogP contribution >= 0.6 is 23.2 Å². The van der Waals surface area contributed by atoms with Crippen molar-refractivity contribution >= 4 is 29.1 Å². The molecule has 1 aromatic rings. The Morgan fingerprint density at radius 3 is 2.46 bits per heavy atom. The molecule has 2 saturated heterocycles. The first kappa shape index (κ1) is 21.8. The standard InChI is InChI=1S/C21H32Cl2N4O/c1-25-11-13-26(14-12-25)8-2-7-24-21(28)17-5-9-27(10-6-17)16-18-3-4-19(22)15-20(18)23/h3-4,15,17H,2,5-14,16H2,1H3,(H,24,28). The lowest BCUT2D eigenvalue weighted by Crippen LogP contribution is -2.45. The van der Waals surface area contributed by atoms with E-state index in [1.54, 1.807) is 6.07 Å². The van der Waals surface area contributed by atoms with E-state index in [9.17, 15) is 4.79 Å². The minimum atomic E-state index is 0.139. The van der Waals surface area contributed by atoms with Gasteiger partial charge in [-0.3, -0.25) is 9.69 Å². The van der Waals surface area contributed by atoms with E-state index >= 15 is 0 Å². The average Bonchev–Trinajstić information content (AvgIpc) is 2.69. The van der Waals surface area contributed by atoms with E-state index in [-0.39, 0.29) is 11.8 Å². The molecule has 0 aromatic heterocycles. The van der Waals surface area contributed by atoms with Gasteiger partial charge >= 0.3 is 0 Å². The molecule has 1 aromatic carbocycles. The van der Waals surface area contributed by atoms with Gasteiger partial charge in [0.15, 0.2) is 0 Å². The summed E-state index contributed by atoms with van der Waals surface area (Å²) in [5.74, 6) is 0.364. The van der Waals surface area contributed by atoms with Crippen LogP contribution in [0.4, 0.5) is 0 Å². The number of hydrogen-bond acceptors (Lipinski definition) is 4. The summed E-state index contributed by atoms with van der Waals surface area (Å²) >= 11 is 12.2. The van der Waals surface area contributed by atoms with Crippen LogP contribution in [0.1, 0.15) is 24.8 Å². The lowest BCUT2D eigenvalue weighted by atomic mass is 9.95. The fourth-order valence-corrected chi connectivity index (χ4v) is 4.44. The SMILES string of the molecule is CN1CCN(CCCNC(=O)C2CCN(Cc3ccc(Cl)cc3Cl)CC2)CC1. The highest BCUT2D eigenvalue weighted by atomic mass is 35.5. The molecule has 1 N–H and O–H groups in total. The molecule has 0 bridgehead atoms. The lowest BCUT2D eigenvalue weighted by molar-refractivity contribution is -0.126. The molecule has 0 spiro atoms. The van der Waals surface area contributed by atoms with E-state index in [2.05, 4.69) is 27.1 Å². The third-order valence-electron chi connectivity index (χ3n) is 5.91. The van der Waals surface area contributed by atoms with E-state index in [0.29, 0.717) is 10.0 Å². The molecule has 2 aliphatic rings. The van der Waals surface area contributed by atoms with Crippen LogP contribution in [0.5, 0.6) is 0 Å². The zero-order chi connectivity index (χ0) is 19.9. The maximum Gasteiger partial charge on any atom is 0.223 e. The summed E-state index contributed by atoms with van der Waals surface area (Å²) in [7, 11) is 2.17. The number of rotatable bonds is 7. The number of likely N-dealkylation sites (tertiary alicyclic amines) is 1. The second-order valence-corrected chi connectivity index (χ2v) is 8.92. The van der Waals surface area contributed by atoms with Gasteiger partial charge < -0.3 is 15.1 Å². The summed E-state index contributed by atoms with van der Waals surface area (Å²) in [5, 5.41) is 4.53. The van der Waals surface area contributed by atoms with Gasteiger partial charge in [-0.15, -0.1) is 0 Å². The van der Waals surface area contributed by atoms with Crippen LogP contribution < -0.4 is 5.32 Å². The number of piperazine rings is 1. The molecular formula is C21H32Cl2N4O. The van der Waals surface area contributed by atoms with Crippen LogP contribution in [0.3, 0.4) is 0 Å². The molecule has 0 unspecified atom stereocenters. The van der Waals surface area contributed by atoms with Crippen molar-refractivity contribution in [3.05, 3.63) is 33.8 Å². The second-order valence-electron chi connectivity index (χ2n) is 8.08. The average molecular weight is 427 g/mol. The summed E-state index contributed by atoms with van der Waals surface area (Å²) in [4.78, 5) is 19.7. The number of carbonyl (C=O) groups is 1. The number of likely N-dealkylation sites (N-methyl/N-ethyl adjacent to an activating group) is 1. The Labute approximate surface area is 178 Å². The number of halogens is 2. The van der Waals surface area contributed by atoms with Crippen LogP contribution in [0.25, 0.3) is 0 Å². The van der Waals surface area contributed by atoms with Gasteiger partial charge in [-0.25, -0.2) is 0 Å². The summed E-state index contributed by atoms with van der Waals surface area (Å²) < 4.78 is 0. The first-order chi connectivity index (χ1) is 13.5. The van der Waals surface area contributed by atoms with Crippen molar-refractivity contribution < 1.29 is 4.79 Å². The van der Waals surface area contributed by atoms with Gasteiger partial charge in [0, 0.05) is 55.2 Å². The molecule has 3 rings (SSSR count). The number of carbonyl (C=O) groups excluding carboxylic acids is 1. The number of benzene rings is 1. The van der Waals surface area contributed by atoms with Crippen LogP contribution in [-0.4, -0.2) is 80.0 Å². The van der Waals surface area contributed by atoms with Crippen molar-refractivity contribution in [2.45, 2.75) is 25.8 Å². The van der Waals surface area contributed by atoms with Crippen LogP contribution in [0.2, 0.25) is 10.0 Å². The van der Waals surface area contributed by atoms with Crippen molar-refractivity contribution in [2.75, 3.05) is 59.4 Å². The molecule has 5 nitrogen and oxygen atoms in total. The van der Waals surface area contributed by atoms with E-state index in [0.717, 1.165) is 83.7 Å². The number of nitrogens with zero attached hydrogens (tertiary/aromatic N) is 3. The zero-order valence-electron chi connectivity index (χ0n) is 16.8. The molecular weight excluding hydrogens is 395 g/mol. The van der Waals surface area contributed by atoms with Crippen molar-refractivity contribution in [3.8, 4) is 0 Å². The monoisotopic (exact) mass is 426 g/mol. The fraction of sp³-hybridized carbons (Fsp3) is 0.667. The summed E-state index contributed by atoms with van der Waals surface area (Å²) in [6.07, 6.45) is 2.86. The highest BCUT2D eigenvalue weighted by Gasteiger charge is 2.25. The van der Waals surface area contributed by atoms with Gasteiger partial charge in [-0.1, -0.05) is 29.3 Å². The van der Waals surface area contributed by atoms with E-state index in [1.165, 1.54) is 0 Å². The van der Waals surface area contributed by atoms with Gasteiger partial charge in [0.1, 0.15) is 0 Å². The third-order valence-corrected chi connectivity index (χ3v) is 6.50. The molecule has 0 saturated carbocycles. The minimum Gasteiger partial charge on any atom is -0.356 e. The molecule has 2 aliphatic heterocycles. The predicted molar refractivity (Wildman–Crippen MR) is 116 cm³/mol. The Kier molecular flexibility index (Phi) is 8.42. The number of amides is 1. The van der Waals surface area contributed by atoms with Gasteiger partial charge in [0.2, 0.25) is 5.91 Å². The quantitative estimate of drug-likeness (QED) is 0.680. The Morgan fingerprint density at radius 1 is 1.07 bits per heavy atom. The molecule has 1 amide bonds. The summed E-state index contributed by atoms with van der Waals surface area (Å²) in [6.45, 7) is 9.10. The predicted octanol–water partition coefficient (Wildman–Crippen LogP) is 2.96. The van der Waals surface area contributed by atoms with Crippen molar-refractivity contribution in [1.82, 2.24) is 20.0 Å². The largest absolute Gasteiger partial charge is 0.356 e. The fourth-order valence-electron chi connectivity index (χ4n) is 3.97. The molecule has 0 aliphatic carbocycles. The molecule has 2 heterocycles. The molecule has 7 heteroatoms. The topological polar surface area (TPSA) is 38.8 Å². The van der Waals surface area contributed by atoms with Crippen LogP contribution in [-0.2, 0) is 11.3 Å². The number of piperidine rings is 1. The third kappa shape index (κ3) is 6.60. The Hall–Kier alpha value is -0.850. The zero-order valence-corrected chi connectivity index (χ0v) is 18.3. The van der Waals surface area contributed by atoms with Gasteiger partial charge in [0.25, 0.3) is 0 Å². The van der Waals surface area contributed by atoms with Crippen molar-refractivity contribution in [1.29, 1.82) is 0 Å². The van der Waals surface area contributed by atoms with Gasteiger partial charge in [0.05, 0.1) is 0 Å². The summed E-state index contributed by atoms with van der Waals surface area (Å²) in [5.41, 5.74) is 1.10. The normalized spacial score (nSPS) is 20.4. The first-order valence-corrected chi connectivity index (χ1v) is 11.1. The lowest BCUT2D eigenvalue weighted by Gasteiger charge is -2.32. The smallest absolute Gasteiger partial charge is 0.223 e. The minimum absolute atomic E-state index is 0.139. The highest BCUT2D eigenvalue weighted by Crippen LogP contribution is 2.25. The van der Waals surface area contributed by atoms with Gasteiger partial charge in [-0.2, -0.15) is 0 Å². The van der Waals surface area contributed by atoms with Crippen molar-refractivity contribution in [2.24, 2.45) is 5.92 Å². The Bertz CT molecular complexity index is 641. The molecule has 28 heavy (non-hydrogen) atoms. The maximum atomic E-state index is 12.5. The second kappa shape index (κ2) is 10.8. The highest BCUT2D eigenvalue weighted by molar-refractivity contribution is 6.35. The first-order valence-electron chi connectivity index (χ1n) is 10.4. The van der Waals surface area contributed by atoms with Gasteiger partial charge in [-0.05, 0) is 63.6 Å². The molecule has 0 radical (unpaired) electrons. The molecule has 2 fully saturated rings.